The molecule has 0 N–H and O–H groups in total. The zero-order valence-electron chi connectivity index (χ0n) is 9.96. The summed E-state index contributed by atoms with van der Waals surface area (Å²) in [7, 11) is 1.81. The van der Waals surface area contributed by atoms with Gasteiger partial charge in [-0.15, -0.1) is 0 Å². The second kappa shape index (κ2) is 6.41. The number of methoxy groups -OCH3 is 1. The minimum atomic E-state index is 0.405. The van der Waals surface area contributed by atoms with E-state index in [1.165, 1.54) is 45.2 Å². The third kappa shape index (κ3) is 3.58. The lowest BCUT2D eigenvalue weighted by atomic mass is 10.0. The molecule has 1 aliphatic rings. The molecule has 0 saturated carbocycles. The molecule has 1 saturated heterocycles. The summed E-state index contributed by atoms with van der Waals surface area (Å²) in [5, 5.41) is 0. The van der Waals surface area contributed by atoms with E-state index < -0.39 is 0 Å². The predicted molar refractivity (Wildman–Crippen MR) is 60.6 cm³/mol. The molecule has 2 atom stereocenters. The summed E-state index contributed by atoms with van der Waals surface area (Å²) < 4.78 is 5.35. The van der Waals surface area contributed by atoms with Crippen molar-refractivity contribution >= 4 is 0 Å². The number of nitrogens with zero attached hydrogens (tertiary/aromatic N) is 1. The van der Waals surface area contributed by atoms with E-state index in [1.807, 2.05) is 7.11 Å². The first-order chi connectivity index (χ1) is 6.77. The standard InChI is InChI=1S/C12H25NO/c1-4-12(10-11(2)14-3)13-8-6-5-7-9-13/h11-12H,4-10H2,1-3H3. The quantitative estimate of drug-likeness (QED) is 0.675. The van der Waals surface area contributed by atoms with Gasteiger partial charge in [-0.1, -0.05) is 13.3 Å². The summed E-state index contributed by atoms with van der Waals surface area (Å²) >= 11 is 0. The summed E-state index contributed by atoms with van der Waals surface area (Å²) in [6.07, 6.45) is 7.05. The normalized spacial score (nSPS) is 23.4. The van der Waals surface area contributed by atoms with E-state index in [0.29, 0.717) is 6.10 Å². The molecule has 1 aliphatic heterocycles. The van der Waals surface area contributed by atoms with Crippen LogP contribution in [-0.2, 0) is 4.74 Å². The molecule has 0 bridgehead atoms. The smallest absolute Gasteiger partial charge is 0.0558 e. The molecule has 14 heavy (non-hydrogen) atoms. The highest BCUT2D eigenvalue weighted by Crippen LogP contribution is 2.18. The van der Waals surface area contributed by atoms with Crippen LogP contribution < -0.4 is 0 Å². The van der Waals surface area contributed by atoms with E-state index in [4.69, 9.17) is 4.74 Å². The molecule has 1 fully saturated rings. The lowest BCUT2D eigenvalue weighted by Gasteiger charge is -2.35. The lowest BCUT2D eigenvalue weighted by Crippen LogP contribution is -2.40. The maximum absolute atomic E-state index is 5.35. The maximum Gasteiger partial charge on any atom is 0.0558 e. The largest absolute Gasteiger partial charge is 0.382 e. The molecule has 0 amide bonds. The summed E-state index contributed by atoms with van der Waals surface area (Å²) in [5.74, 6) is 0. The molecule has 0 aromatic carbocycles. The van der Waals surface area contributed by atoms with Gasteiger partial charge in [0.2, 0.25) is 0 Å². The summed E-state index contributed by atoms with van der Waals surface area (Å²) in [6.45, 7) is 7.07. The Morgan fingerprint density at radius 3 is 2.36 bits per heavy atom. The third-order valence-electron chi connectivity index (χ3n) is 3.38. The Hall–Kier alpha value is -0.0800. The molecular formula is C12H25NO. The van der Waals surface area contributed by atoms with Gasteiger partial charge in [0.05, 0.1) is 6.10 Å². The van der Waals surface area contributed by atoms with Crippen LogP contribution in [-0.4, -0.2) is 37.2 Å². The number of hydrogen-bond acceptors (Lipinski definition) is 2. The summed E-state index contributed by atoms with van der Waals surface area (Å²) in [6, 6.07) is 0.741. The van der Waals surface area contributed by atoms with Gasteiger partial charge in [-0.3, -0.25) is 0 Å². The van der Waals surface area contributed by atoms with Crippen LogP contribution >= 0.6 is 0 Å². The van der Waals surface area contributed by atoms with Gasteiger partial charge in [-0.2, -0.15) is 0 Å². The fourth-order valence-electron chi connectivity index (χ4n) is 2.34. The number of ether oxygens (including phenoxy) is 1. The van der Waals surface area contributed by atoms with Crippen LogP contribution in [0, 0.1) is 0 Å². The predicted octanol–water partition coefficient (Wildman–Crippen LogP) is 2.68. The second-order valence-electron chi connectivity index (χ2n) is 4.44. The number of rotatable bonds is 5. The van der Waals surface area contributed by atoms with Gasteiger partial charge in [0.1, 0.15) is 0 Å². The van der Waals surface area contributed by atoms with E-state index in [1.54, 1.807) is 0 Å². The minimum Gasteiger partial charge on any atom is -0.382 e. The third-order valence-corrected chi connectivity index (χ3v) is 3.38. The monoisotopic (exact) mass is 199 g/mol. The first-order valence-electron chi connectivity index (χ1n) is 6.04. The van der Waals surface area contributed by atoms with E-state index in [2.05, 4.69) is 18.7 Å². The van der Waals surface area contributed by atoms with E-state index in [9.17, 15) is 0 Å². The minimum absolute atomic E-state index is 0.405. The summed E-state index contributed by atoms with van der Waals surface area (Å²) in [4.78, 5) is 2.65. The SMILES string of the molecule is CCC(CC(C)OC)N1CCCCC1. The Morgan fingerprint density at radius 1 is 1.21 bits per heavy atom. The number of hydrogen-bond donors (Lipinski definition) is 0. The Balaban J connectivity index is 2.35. The molecule has 1 rings (SSSR count). The molecule has 0 aromatic heterocycles. The van der Waals surface area contributed by atoms with Crippen molar-refractivity contribution in [3.63, 3.8) is 0 Å². The first kappa shape index (κ1) is 12.0. The average Bonchev–Trinajstić information content (AvgIpc) is 2.26. The first-order valence-corrected chi connectivity index (χ1v) is 6.04. The zero-order chi connectivity index (χ0) is 10.4. The van der Waals surface area contributed by atoms with Crippen molar-refractivity contribution in [1.29, 1.82) is 0 Å². The molecule has 0 aliphatic carbocycles. The van der Waals surface area contributed by atoms with Crippen molar-refractivity contribution < 1.29 is 4.74 Å². The molecule has 2 unspecified atom stereocenters. The average molecular weight is 199 g/mol. The summed E-state index contributed by atoms with van der Waals surface area (Å²) in [5.41, 5.74) is 0. The number of likely N-dealkylation sites (tertiary alicyclic amines) is 1. The van der Waals surface area contributed by atoms with Crippen LogP contribution in [0.2, 0.25) is 0 Å². The van der Waals surface area contributed by atoms with Crippen LogP contribution in [0.1, 0.15) is 46.0 Å². The van der Waals surface area contributed by atoms with E-state index in [-0.39, 0.29) is 0 Å². The van der Waals surface area contributed by atoms with Crippen LogP contribution in [0.25, 0.3) is 0 Å². The van der Waals surface area contributed by atoms with Crippen molar-refractivity contribution in [2.75, 3.05) is 20.2 Å². The Kier molecular flexibility index (Phi) is 5.49. The molecular weight excluding hydrogens is 174 g/mol. The fourth-order valence-corrected chi connectivity index (χ4v) is 2.34. The number of piperidine rings is 1. The molecule has 0 radical (unpaired) electrons. The highest BCUT2D eigenvalue weighted by molar-refractivity contribution is 4.75. The second-order valence-corrected chi connectivity index (χ2v) is 4.44. The van der Waals surface area contributed by atoms with Gasteiger partial charge in [0.15, 0.2) is 0 Å². The van der Waals surface area contributed by atoms with Gasteiger partial charge in [0.25, 0.3) is 0 Å². The zero-order valence-corrected chi connectivity index (χ0v) is 9.96. The van der Waals surface area contributed by atoms with E-state index in [0.717, 1.165) is 6.04 Å². The highest BCUT2D eigenvalue weighted by Gasteiger charge is 2.20. The van der Waals surface area contributed by atoms with Gasteiger partial charge in [-0.25, -0.2) is 0 Å². The highest BCUT2D eigenvalue weighted by atomic mass is 16.5. The van der Waals surface area contributed by atoms with Crippen LogP contribution in [0.3, 0.4) is 0 Å². The Labute approximate surface area is 88.6 Å². The molecule has 84 valence electrons. The Bertz CT molecular complexity index is 143. The van der Waals surface area contributed by atoms with Crippen molar-refractivity contribution in [3.8, 4) is 0 Å². The van der Waals surface area contributed by atoms with Crippen molar-refractivity contribution in [2.45, 2.75) is 58.1 Å². The van der Waals surface area contributed by atoms with Gasteiger partial charge in [-0.05, 0) is 45.7 Å². The molecule has 0 spiro atoms. The van der Waals surface area contributed by atoms with Gasteiger partial charge in [0, 0.05) is 13.2 Å². The Morgan fingerprint density at radius 2 is 1.86 bits per heavy atom. The fraction of sp³-hybridized carbons (Fsp3) is 1.00. The molecule has 2 nitrogen and oxygen atoms in total. The van der Waals surface area contributed by atoms with E-state index >= 15 is 0 Å². The van der Waals surface area contributed by atoms with Crippen molar-refractivity contribution in [1.82, 2.24) is 4.90 Å². The van der Waals surface area contributed by atoms with Gasteiger partial charge >= 0.3 is 0 Å². The maximum atomic E-state index is 5.35. The molecule has 1 heterocycles. The van der Waals surface area contributed by atoms with Crippen molar-refractivity contribution in [2.24, 2.45) is 0 Å². The van der Waals surface area contributed by atoms with Crippen LogP contribution in [0.4, 0.5) is 0 Å². The molecule has 0 aromatic rings. The van der Waals surface area contributed by atoms with Gasteiger partial charge < -0.3 is 9.64 Å². The van der Waals surface area contributed by atoms with Crippen LogP contribution in [0.5, 0.6) is 0 Å². The topological polar surface area (TPSA) is 12.5 Å². The lowest BCUT2D eigenvalue weighted by molar-refractivity contribution is 0.0633. The van der Waals surface area contributed by atoms with Crippen molar-refractivity contribution in [3.05, 3.63) is 0 Å². The molecule has 2 heteroatoms. The van der Waals surface area contributed by atoms with Crippen LogP contribution in [0.15, 0.2) is 0 Å².